The number of ether oxygens (including phenoxy) is 1. The molecule has 0 spiro atoms. The minimum absolute atomic E-state index is 0.0199. The van der Waals surface area contributed by atoms with Crippen LogP contribution in [0.15, 0.2) is 58.4 Å². The fourth-order valence-corrected chi connectivity index (χ4v) is 5.24. The molecule has 31 heavy (non-hydrogen) atoms. The lowest BCUT2D eigenvalue weighted by atomic mass is 10.1. The van der Waals surface area contributed by atoms with Gasteiger partial charge in [-0.3, -0.25) is 4.90 Å². The molecule has 0 aromatic heterocycles. The van der Waals surface area contributed by atoms with Crippen molar-refractivity contribution in [1.82, 2.24) is 9.62 Å². The maximum absolute atomic E-state index is 13.3. The summed E-state index contributed by atoms with van der Waals surface area (Å²) in [4.78, 5) is 18.5. The lowest BCUT2D eigenvalue weighted by Crippen LogP contribution is -2.40. The molecule has 2 heterocycles. The van der Waals surface area contributed by atoms with Crippen molar-refractivity contribution in [2.75, 3.05) is 38.3 Å². The number of sulfonamides is 1. The topological polar surface area (TPSA) is 117 Å². The molecule has 10 heteroatoms. The highest BCUT2D eigenvalue weighted by Crippen LogP contribution is 2.33. The minimum atomic E-state index is -3.86. The Labute approximate surface area is 181 Å². The first-order valence-corrected chi connectivity index (χ1v) is 11.4. The molecule has 0 saturated heterocycles. The number of nitrogens with two attached hydrogens (primary N) is 1. The Morgan fingerprint density at radius 1 is 1.26 bits per heavy atom. The highest BCUT2D eigenvalue weighted by Gasteiger charge is 2.35. The molecule has 0 fully saturated rings. The highest BCUT2D eigenvalue weighted by atomic mass is 32.2. The van der Waals surface area contributed by atoms with Gasteiger partial charge < -0.3 is 15.8 Å². The fraction of sp³-hybridized carbons (Fsp3) is 0.333. The first kappa shape index (κ1) is 21.1. The van der Waals surface area contributed by atoms with Gasteiger partial charge in [-0.2, -0.15) is 0 Å². The molecule has 2 aromatic carbocycles. The average Bonchev–Trinajstić information content (AvgIpc) is 3.38. The maximum Gasteiger partial charge on any atom is 0.321 e. The van der Waals surface area contributed by atoms with Crippen LogP contribution in [0, 0.1) is 0 Å². The summed E-state index contributed by atoms with van der Waals surface area (Å²) < 4.78 is 32.6. The van der Waals surface area contributed by atoms with Crippen LogP contribution in [0.3, 0.4) is 0 Å². The zero-order valence-electron chi connectivity index (χ0n) is 17.2. The predicted octanol–water partition coefficient (Wildman–Crippen LogP) is 1.47. The molecule has 0 aliphatic carbocycles. The van der Waals surface area contributed by atoms with Crippen molar-refractivity contribution in [1.29, 1.82) is 0 Å². The molecule has 2 aliphatic rings. The Morgan fingerprint density at radius 3 is 2.77 bits per heavy atom. The number of anilines is 1. The Bertz CT molecular complexity index is 1100. The predicted molar refractivity (Wildman–Crippen MR) is 117 cm³/mol. The summed E-state index contributed by atoms with van der Waals surface area (Å²) in [5.74, 6) is -0.0199. The summed E-state index contributed by atoms with van der Waals surface area (Å²) in [5, 5.41) is 2.79. The van der Waals surface area contributed by atoms with Crippen LogP contribution in [0.25, 0.3) is 0 Å². The van der Waals surface area contributed by atoms with Crippen LogP contribution < -0.4 is 16.0 Å². The monoisotopic (exact) mass is 443 g/mol. The van der Waals surface area contributed by atoms with Crippen LogP contribution in [0.1, 0.15) is 17.2 Å². The summed E-state index contributed by atoms with van der Waals surface area (Å²) >= 11 is 0. The summed E-state index contributed by atoms with van der Waals surface area (Å²) in [5.41, 5.74) is 8.41. The van der Waals surface area contributed by atoms with E-state index in [4.69, 9.17) is 10.5 Å². The van der Waals surface area contributed by atoms with Gasteiger partial charge in [-0.15, -0.1) is 0 Å². The number of hydrogen-bond donors (Lipinski definition) is 2. The van der Waals surface area contributed by atoms with E-state index in [0.29, 0.717) is 31.8 Å². The van der Waals surface area contributed by atoms with Gasteiger partial charge in [0.05, 0.1) is 24.1 Å². The van der Waals surface area contributed by atoms with E-state index in [-0.39, 0.29) is 29.5 Å². The van der Waals surface area contributed by atoms with Gasteiger partial charge in [-0.1, -0.05) is 30.3 Å². The van der Waals surface area contributed by atoms with Crippen molar-refractivity contribution in [3.63, 3.8) is 0 Å². The second-order valence-electron chi connectivity index (χ2n) is 7.37. The maximum atomic E-state index is 13.3. The lowest BCUT2D eigenvalue weighted by molar-refractivity contribution is 0.197. The number of guanidine groups is 1. The van der Waals surface area contributed by atoms with E-state index in [1.807, 2.05) is 30.3 Å². The zero-order chi connectivity index (χ0) is 22.0. The molecule has 164 valence electrons. The third kappa shape index (κ3) is 4.08. The minimum Gasteiger partial charge on any atom is -0.383 e. The number of nitrogens with one attached hydrogen (secondary N) is 1. The van der Waals surface area contributed by atoms with E-state index in [9.17, 15) is 13.2 Å². The first-order valence-electron chi connectivity index (χ1n) is 10.00. The number of fused-ring (bicyclic) bond motifs is 1. The van der Waals surface area contributed by atoms with E-state index in [1.54, 1.807) is 24.1 Å². The molecule has 0 saturated carbocycles. The summed E-state index contributed by atoms with van der Waals surface area (Å²) in [6.45, 7) is 1.47. The van der Waals surface area contributed by atoms with Gasteiger partial charge in [-0.25, -0.2) is 22.5 Å². The van der Waals surface area contributed by atoms with Gasteiger partial charge in [-0.05, 0) is 35.7 Å². The zero-order valence-corrected chi connectivity index (χ0v) is 18.0. The second-order valence-corrected chi connectivity index (χ2v) is 9.23. The standard InChI is InChI=1S/C21H25N5O4S/c1-30-12-10-23-21(27)25-11-9-16-13-17(7-8-19(16)25)31(28,29)26-14-18(24-20(26)22)15-5-3-2-4-6-15/h2-8,13,18H,9-12,14H2,1H3,(H2,22,24)(H,23,27)/t18-/m1/s1. The summed E-state index contributed by atoms with van der Waals surface area (Å²) in [7, 11) is -2.30. The Kier molecular flexibility index (Phi) is 5.84. The number of urea groups is 1. The van der Waals surface area contributed by atoms with Crippen LogP contribution in [0.5, 0.6) is 0 Å². The van der Waals surface area contributed by atoms with Crippen LogP contribution in [0.4, 0.5) is 10.5 Å². The van der Waals surface area contributed by atoms with Gasteiger partial charge >= 0.3 is 6.03 Å². The smallest absolute Gasteiger partial charge is 0.321 e. The third-order valence-electron chi connectivity index (χ3n) is 5.43. The van der Waals surface area contributed by atoms with Crippen molar-refractivity contribution < 1.29 is 17.9 Å². The SMILES string of the molecule is COCCNC(=O)N1CCc2cc(S(=O)(=O)N3C[C@H](c4ccccc4)N=C3N)ccc21. The van der Waals surface area contributed by atoms with E-state index < -0.39 is 10.0 Å². The third-order valence-corrected chi connectivity index (χ3v) is 7.19. The average molecular weight is 444 g/mol. The number of nitrogens with zero attached hydrogens (tertiary/aromatic N) is 3. The largest absolute Gasteiger partial charge is 0.383 e. The van der Waals surface area contributed by atoms with Crippen LogP contribution in [-0.4, -0.2) is 58.1 Å². The van der Waals surface area contributed by atoms with Crippen molar-refractivity contribution in [2.24, 2.45) is 10.7 Å². The molecule has 9 nitrogen and oxygen atoms in total. The summed E-state index contributed by atoms with van der Waals surface area (Å²) in [6.07, 6.45) is 0.576. The van der Waals surface area contributed by atoms with Gasteiger partial charge in [0.15, 0.2) is 0 Å². The quantitative estimate of drug-likeness (QED) is 0.656. The molecule has 0 bridgehead atoms. The van der Waals surface area contributed by atoms with Gasteiger partial charge in [0.1, 0.15) is 0 Å². The molecule has 3 N–H and O–H groups in total. The van der Waals surface area contributed by atoms with E-state index in [0.717, 1.165) is 15.4 Å². The molecule has 2 aromatic rings. The first-order chi connectivity index (χ1) is 14.9. The van der Waals surface area contributed by atoms with Crippen LogP contribution in [0.2, 0.25) is 0 Å². The Morgan fingerprint density at radius 2 is 2.03 bits per heavy atom. The number of hydrogen-bond acceptors (Lipinski definition) is 6. The van der Waals surface area contributed by atoms with Gasteiger partial charge in [0.2, 0.25) is 5.96 Å². The second kappa shape index (κ2) is 8.56. The number of aliphatic imine (C=N–C) groups is 1. The number of rotatable bonds is 6. The van der Waals surface area contributed by atoms with Gasteiger partial charge in [0.25, 0.3) is 10.0 Å². The number of methoxy groups -OCH3 is 1. The lowest BCUT2D eigenvalue weighted by Gasteiger charge is -2.20. The molecule has 1 atom stereocenters. The molecule has 2 aliphatic heterocycles. The van der Waals surface area contributed by atoms with Crippen molar-refractivity contribution in [2.45, 2.75) is 17.4 Å². The number of benzene rings is 2. The normalized spacial score (nSPS) is 18.1. The molecule has 0 radical (unpaired) electrons. The van der Waals surface area contributed by atoms with Crippen molar-refractivity contribution >= 4 is 27.7 Å². The van der Waals surface area contributed by atoms with Crippen molar-refractivity contribution in [3.8, 4) is 0 Å². The molecular weight excluding hydrogens is 418 g/mol. The molecular formula is C21H25N5O4S. The van der Waals surface area contributed by atoms with E-state index >= 15 is 0 Å². The van der Waals surface area contributed by atoms with E-state index in [2.05, 4.69) is 10.3 Å². The van der Waals surface area contributed by atoms with Crippen molar-refractivity contribution in [3.05, 3.63) is 59.7 Å². The van der Waals surface area contributed by atoms with Crippen LogP contribution >= 0.6 is 0 Å². The van der Waals surface area contributed by atoms with Crippen LogP contribution in [-0.2, 0) is 21.2 Å². The summed E-state index contributed by atoms with van der Waals surface area (Å²) in [6, 6.07) is 13.7. The number of carbonyl (C=O) groups is 1. The Balaban J connectivity index is 1.53. The van der Waals surface area contributed by atoms with E-state index in [1.165, 1.54) is 6.07 Å². The molecule has 0 unspecified atom stereocenters. The highest BCUT2D eigenvalue weighted by molar-refractivity contribution is 7.89. The van der Waals surface area contributed by atoms with Gasteiger partial charge in [0, 0.05) is 25.9 Å². The fourth-order valence-electron chi connectivity index (χ4n) is 3.82. The Hall–Kier alpha value is -3.11. The molecule has 4 rings (SSSR count). The number of amides is 2. The molecule has 2 amide bonds. The number of carbonyl (C=O) groups excluding carboxylic acids is 1.